The third kappa shape index (κ3) is 5.01. The SMILES string of the molecule is COc1cc(/C(O)=C2/C(=O)C(=O)N(c3ccc(C(C)C)cc3)C2c2ccc(C(C)(C)C)cc2)ccc1Cl. The Balaban J connectivity index is 1.92. The molecule has 1 aliphatic rings. The molecule has 0 bridgehead atoms. The van der Waals surface area contributed by atoms with Crippen molar-refractivity contribution in [1.29, 1.82) is 0 Å². The zero-order valence-electron chi connectivity index (χ0n) is 22.0. The Hall–Kier alpha value is -3.57. The number of rotatable bonds is 5. The van der Waals surface area contributed by atoms with E-state index in [9.17, 15) is 14.7 Å². The molecule has 1 N–H and O–H groups in total. The minimum atomic E-state index is -0.805. The van der Waals surface area contributed by atoms with Crippen LogP contribution in [0.2, 0.25) is 5.02 Å². The summed E-state index contributed by atoms with van der Waals surface area (Å²) in [5.74, 6) is -1.03. The molecule has 4 rings (SSSR count). The van der Waals surface area contributed by atoms with Crippen molar-refractivity contribution in [2.45, 2.75) is 52.0 Å². The summed E-state index contributed by atoms with van der Waals surface area (Å²) in [6, 6.07) is 19.4. The first-order valence-electron chi connectivity index (χ1n) is 12.3. The second kappa shape index (κ2) is 10.1. The van der Waals surface area contributed by atoms with Gasteiger partial charge in [0, 0.05) is 11.3 Å². The number of anilines is 1. The molecular formula is C31H32ClNO4. The fourth-order valence-corrected chi connectivity index (χ4v) is 4.76. The van der Waals surface area contributed by atoms with E-state index in [4.69, 9.17) is 16.3 Å². The summed E-state index contributed by atoms with van der Waals surface area (Å²) >= 11 is 6.17. The van der Waals surface area contributed by atoms with Crippen LogP contribution < -0.4 is 9.64 Å². The molecule has 37 heavy (non-hydrogen) atoms. The number of aliphatic hydroxyl groups is 1. The van der Waals surface area contributed by atoms with Gasteiger partial charge in [-0.2, -0.15) is 0 Å². The Morgan fingerprint density at radius 2 is 1.59 bits per heavy atom. The van der Waals surface area contributed by atoms with Crippen molar-refractivity contribution in [3.8, 4) is 5.75 Å². The minimum Gasteiger partial charge on any atom is -0.507 e. The number of carbonyl (C=O) groups excluding carboxylic acids is 2. The molecule has 1 atom stereocenters. The molecule has 1 amide bonds. The molecule has 1 unspecified atom stereocenters. The summed E-state index contributed by atoms with van der Waals surface area (Å²) in [4.78, 5) is 28.4. The molecule has 1 aliphatic heterocycles. The molecular weight excluding hydrogens is 486 g/mol. The van der Waals surface area contributed by atoms with Gasteiger partial charge in [0.05, 0.1) is 23.7 Å². The van der Waals surface area contributed by atoms with Crippen molar-refractivity contribution in [2.24, 2.45) is 0 Å². The number of carbonyl (C=O) groups is 2. The lowest BCUT2D eigenvalue weighted by atomic mass is 9.85. The Morgan fingerprint density at radius 3 is 2.14 bits per heavy atom. The molecule has 192 valence electrons. The van der Waals surface area contributed by atoms with E-state index in [-0.39, 0.29) is 16.7 Å². The molecule has 1 fully saturated rings. The highest BCUT2D eigenvalue weighted by Crippen LogP contribution is 2.43. The van der Waals surface area contributed by atoms with Crippen LogP contribution in [0, 0.1) is 0 Å². The second-order valence-corrected chi connectivity index (χ2v) is 11.0. The third-order valence-corrected chi connectivity index (χ3v) is 7.11. The van der Waals surface area contributed by atoms with Gasteiger partial charge < -0.3 is 9.84 Å². The van der Waals surface area contributed by atoms with Crippen LogP contribution in [0.15, 0.2) is 72.3 Å². The van der Waals surface area contributed by atoms with Crippen molar-refractivity contribution < 1.29 is 19.4 Å². The topological polar surface area (TPSA) is 66.8 Å². The molecule has 5 nitrogen and oxygen atoms in total. The lowest BCUT2D eigenvalue weighted by Gasteiger charge is -2.27. The van der Waals surface area contributed by atoms with E-state index in [2.05, 4.69) is 34.6 Å². The number of ketones is 1. The van der Waals surface area contributed by atoms with Crippen LogP contribution in [0.3, 0.4) is 0 Å². The number of hydrogen-bond donors (Lipinski definition) is 1. The Kier molecular flexibility index (Phi) is 7.20. The first kappa shape index (κ1) is 26.5. The van der Waals surface area contributed by atoms with E-state index in [0.29, 0.717) is 27.9 Å². The number of aliphatic hydroxyl groups excluding tert-OH is 1. The van der Waals surface area contributed by atoms with E-state index in [1.54, 1.807) is 18.2 Å². The molecule has 0 spiro atoms. The molecule has 3 aromatic carbocycles. The lowest BCUT2D eigenvalue weighted by molar-refractivity contribution is -0.132. The van der Waals surface area contributed by atoms with Crippen molar-refractivity contribution in [1.82, 2.24) is 0 Å². The molecule has 6 heteroatoms. The van der Waals surface area contributed by atoms with Crippen molar-refractivity contribution in [2.75, 3.05) is 12.0 Å². The van der Waals surface area contributed by atoms with Crippen LogP contribution in [0.4, 0.5) is 5.69 Å². The zero-order chi connectivity index (χ0) is 27.1. The quantitative estimate of drug-likeness (QED) is 0.217. The average Bonchev–Trinajstić information content (AvgIpc) is 3.13. The van der Waals surface area contributed by atoms with Crippen molar-refractivity contribution >= 4 is 34.7 Å². The lowest BCUT2D eigenvalue weighted by Crippen LogP contribution is -2.29. The highest BCUT2D eigenvalue weighted by atomic mass is 35.5. The van der Waals surface area contributed by atoms with Gasteiger partial charge in [0.1, 0.15) is 11.5 Å². The predicted octanol–water partition coefficient (Wildman–Crippen LogP) is 7.40. The van der Waals surface area contributed by atoms with E-state index in [0.717, 1.165) is 16.7 Å². The summed E-state index contributed by atoms with van der Waals surface area (Å²) in [5.41, 5.74) is 3.85. The van der Waals surface area contributed by atoms with Gasteiger partial charge in [0.2, 0.25) is 0 Å². The minimum absolute atomic E-state index is 0.0193. The highest BCUT2D eigenvalue weighted by Gasteiger charge is 2.47. The number of Topliss-reactive ketones (excluding diaryl/α,β-unsaturated/α-hetero) is 1. The molecule has 0 aliphatic carbocycles. The Bertz CT molecular complexity index is 1370. The second-order valence-electron chi connectivity index (χ2n) is 10.6. The van der Waals surface area contributed by atoms with Gasteiger partial charge in [0.25, 0.3) is 11.7 Å². The van der Waals surface area contributed by atoms with Gasteiger partial charge in [0.15, 0.2) is 0 Å². The number of ether oxygens (including phenoxy) is 1. The summed E-state index contributed by atoms with van der Waals surface area (Å²) in [5, 5.41) is 11.8. The van der Waals surface area contributed by atoms with E-state index in [1.165, 1.54) is 12.0 Å². The molecule has 3 aromatic rings. The normalized spacial score (nSPS) is 17.5. The number of benzene rings is 3. The smallest absolute Gasteiger partial charge is 0.300 e. The molecule has 1 heterocycles. The van der Waals surface area contributed by atoms with Gasteiger partial charge in [-0.3, -0.25) is 14.5 Å². The standard InChI is InChI=1S/C31H32ClNO4/c1-18(2)19-9-14-23(15-10-19)33-27(20-7-12-22(13-8-20)31(3,4)5)26(29(35)30(33)36)28(34)21-11-16-24(32)25(17-21)37-6/h7-18,27,34H,1-6H3/b28-26-. The summed E-state index contributed by atoms with van der Waals surface area (Å²) in [7, 11) is 1.47. The van der Waals surface area contributed by atoms with E-state index in [1.807, 2.05) is 48.5 Å². The van der Waals surface area contributed by atoms with Crippen LogP contribution in [-0.2, 0) is 15.0 Å². The maximum atomic E-state index is 13.4. The van der Waals surface area contributed by atoms with Gasteiger partial charge in [-0.25, -0.2) is 0 Å². The molecule has 1 saturated heterocycles. The highest BCUT2D eigenvalue weighted by molar-refractivity contribution is 6.51. The maximum Gasteiger partial charge on any atom is 0.300 e. The number of nitrogens with zero attached hydrogens (tertiary/aromatic N) is 1. The van der Waals surface area contributed by atoms with Crippen LogP contribution >= 0.6 is 11.6 Å². The summed E-state index contributed by atoms with van der Waals surface area (Å²) in [6.45, 7) is 10.6. The number of amides is 1. The Labute approximate surface area is 223 Å². The molecule has 0 saturated carbocycles. The summed E-state index contributed by atoms with van der Waals surface area (Å²) in [6.07, 6.45) is 0. The largest absolute Gasteiger partial charge is 0.507 e. The van der Waals surface area contributed by atoms with Crippen LogP contribution in [0.1, 0.15) is 68.8 Å². The Morgan fingerprint density at radius 1 is 0.973 bits per heavy atom. The van der Waals surface area contributed by atoms with Gasteiger partial charge in [-0.15, -0.1) is 0 Å². The van der Waals surface area contributed by atoms with Gasteiger partial charge in [-0.05, 0) is 58.4 Å². The number of hydrogen-bond acceptors (Lipinski definition) is 4. The number of halogens is 1. The maximum absolute atomic E-state index is 13.4. The van der Waals surface area contributed by atoms with Crippen LogP contribution in [-0.4, -0.2) is 23.9 Å². The van der Waals surface area contributed by atoms with Crippen LogP contribution in [0.25, 0.3) is 5.76 Å². The fraction of sp³-hybridized carbons (Fsp3) is 0.290. The first-order valence-corrected chi connectivity index (χ1v) is 12.7. The monoisotopic (exact) mass is 517 g/mol. The third-order valence-electron chi connectivity index (χ3n) is 6.80. The number of methoxy groups -OCH3 is 1. The van der Waals surface area contributed by atoms with Crippen LogP contribution in [0.5, 0.6) is 5.75 Å². The van der Waals surface area contributed by atoms with Gasteiger partial charge >= 0.3 is 0 Å². The predicted molar refractivity (Wildman–Crippen MR) is 148 cm³/mol. The summed E-state index contributed by atoms with van der Waals surface area (Å²) < 4.78 is 5.30. The first-order chi connectivity index (χ1) is 17.4. The van der Waals surface area contributed by atoms with E-state index < -0.39 is 17.7 Å². The van der Waals surface area contributed by atoms with Crippen molar-refractivity contribution in [3.63, 3.8) is 0 Å². The zero-order valence-corrected chi connectivity index (χ0v) is 22.8. The van der Waals surface area contributed by atoms with Crippen molar-refractivity contribution in [3.05, 3.63) is 99.6 Å². The molecule has 0 radical (unpaired) electrons. The average molecular weight is 518 g/mol. The van der Waals surface area contributed by atoms with Gasteiger partial charge in [-0.1, -0.05) is 82.6 Å². The fourth-order valence-electron chi connectivity index (χ4n) is 4.56. The molecule has 0 aromatic heterocycles. The van der Waals surface area contributed by atoms with E-state index >= 15 is 0 Å².